The van der Waals surface area contributed by atoms with Crippen molar-refractivity contribution in [2.24, 2.45) is 0 Å². The zero-order valence-corrected chi connectivity index (χ0v) is 12.8. The minimum absolute atomic E-state index is 0.00994. The Balaban J connectivity index is 2.20. The molecule has 0 saturated carbocycles. The van der Waals surface area contributed by atoms with Crippen LogP contribution in [-0.2, 0) is 6.54 Å². The van der Waals surface area contributed by atoms with E-state index in [0.717, 1.165) is 14.6 Å². The molecule has 0 radical (unpaired) electrons. The molecule has 0 amide bonds. The predicted molar refractivity (Wildman–Crippen MR) is 78.1 cm³/mol. The van der Waals surface area contributed by atoms with Crippen LogP contribution in [0.5, 0.6) is 0 Å². The van der Waals surface area contributed by atoms with Crippen molar-refractivity contribution in [3.8, 4) is 6.07 Å². The molecule has 1 heterocycles. The SMILES string of the molecule is N#Cc1c(F)cccc1NCc1ncc(Br)cc1Br. The Morgan fingerprint density at radius 3 is 2.84 bits per heavy atom. The van der Waals surface area contributed by atoms with Gasteiger partial charge < -0.3 is 5.32 Å². The first-order chi connectivity index (χ1) is 9.11. The van der Waals surface area contributed by atoms with E-state index >= 15 is 0 Å². The predicted octanol–water partition coefficient (Wildman–Crippen LogP) is 4.23. The van der Waals surface area contributed by atoms with E-state index in [-0.39, 0.29) is 5.56 Å². The Labute approximate surface area is 126 Å². The Morgan fingerprint density at radius 2 is 2.16 bits per heavy atom. The largest absolute Gasteiger partial charge is 0.378 e. The molecule has 0 unspecified atom stereocenters. The molecule has 0 saturated heterocycles. The number of nitrogens with zero attached hydrogens (tertiary/aromatic N) is 2. The van der Waals surface area contributed by atoms with Gasteiger partial charge in [-0.15, -0.1) is 0 Å². The van der Waals surface area contributed by atoms with E-state index in [1.165, 1.54) is 6.07 Å². The molecule has 0 fully saturated rings. The molecule has 1 N–H and O–H groups in total. The van der Waals surface area contributed by atoms with Crippen molar-refractivity contribution in [1.82, 2.24) is 4.98 Å². The second kappa shape index (κ2) is 6.13. The molecule has 3 nitrogen and oxygen atoms in total. The molecule has 96 valence electrons. The highest BCUT2D eigenvalue weighted by Crippen LogP contribution is 2.22. The van der Waals surface area contributed by atoms with Gasteiger partial charge in [-0.25, -0.2) is 4.39 Å². The topological polar surface area (TPSA) is 48.7 Å². The monoisotopic (exact) mass is 383 g/mol. The maximum absolute atomic E-state index is 13.4. The number of pyridine rings is 1. The maximum Gasteiger partial charge on any atom is 0.143 e. The number of nitriles is 1. The fourth-order valence-electron chi connectivity index (χ4n) is 1.54. The van der Waals surface area contributed by atoms with Crippen LogP contribution in [0.25, 0.3) is 0 Å². The summed E-state index contributed by atoms with van der Waals surface area (Å²) in [6, 6.07) is 8.20. The first kappa shape index (κ1) is 14.0. The molecule has 0 atom stereocenters. The average molecular weight is 385 g/mol. The maximum atomic E-state index is 13.4. The number of halogens is 3. The normalized spacial score (nSPS) is 10.0. The van der Waals surface area contributed by atoms with Gasteiger partial charge in [0.05, 0.1) is 17.9 Å². The van der Waals surface area contributed by atoms with Crippen LogP contribution in [0.15, 0.2) is 39.4 Å². The molecular formula is C13H8Br2FN3. The number of hydrogen-bond acceptors (Lipinski definition) is 3. The van der Waals surface area contributed by atoms with Gasteiger partial charge in [0, 0.05) is 15.1 Å². The summed E-state index contributed by atoms with van der Waals surface area (Å²) < 4.78 is 15.1. The van der Waals surface area contributed by atoms with Gasteiger partial charge in [-0.1, -0.05) is 6.07 Å². The van der Waals surface area contributed by atoms with Gasteiger partial charge in [-0.3, -0.25) is 4.98 Å². The zero-order valence-electron chi connectivity index (χ0n) is 9.62. The van der Waals surface area contributed by atoms with Crippen LogP contribution in [0, 0.1) is 17.1 Å². The van der Waals surface area contributed by atoms with Crippen LogP contribution in [0.3, 0.4) is 0 Å². The zero-order chi connectivity index (χ0) is 13.8. The molecular weight excluding hydrogens is 377 g/mol. The molecule has 0 bridgehead atoms. The van der Waals surface area contributed by atoms with Gasteiger partial charge in [0.25, 0.3) is 0 Å². The van der Waals surface area contributed by atoms with Crippen molar-refractivity contribution < 1.29 is 4.39 Å². The van der Waals surface area contributed by atoms with E-state index in [2.05, 4.69) is 42.2 Å². The quantitative estimate of drug-likeness (QED) is 0.861. The average Bonchev–Trinajstić information content (AvgIpc) is 2.38. The van der Waals surface area contributed by atoms with Gasteiger partial charge in [-0.05, 0) is 50.1 Å². The van der Waals surface area contributed by atoms with Crippen LogP contribution in [0.1, 0.15) is 11.3 Å². The summed E-state index contributed by atoms with van der Waals surface area (Å²) in [6.07, 6.45) is 1.68. The summed E-state index contributed by atoms with van der Waals surface area (Å²) in [6.45, 7) is 0.395. The second-order valence-corrected chi connectivity index (χ2v) is 5.48. The third kappa shape index (κ3) is 3.31. The van der Waals surface area contributed by atoms with Crippen LogP contribution in [0.2, 0.25) is 0 Å². The van der Waals surface area contributed by atoms with Gasteiger partial charge >= 0.3 is 0 Å². The molecule has 0 aliphatic carbocycles. The second-order valence-electron chi connectivity index (χ2n) is 3.71. The molecule has 0 aliphatic heterocycles. The summed E-state index contributed by atoms with van der Waals surface area (Å²) in [7, 11) is 0. The Morgan fingerprint density at radius 1 is 1.37 bits per heavy atom. The minimum Gasteiger partial charge on any atom is -0.378 e. The Bertz CT molecular complexity index is 653. The molecule has 1 aromatic carbocycles. The lowest BCUT2D eigenvalue weighted by Gasteiger charge is -2.09. The highest BCUT2D eigenvalue weighted by Gasteiger charge is 2.08. The number of rotatable bonds is 3. The number of aromatic nitrogens is 1. The van der Waals surface area contributed by atoms with Gasteiger partial charge in [-0.2, -0.15) is 5.26 Å². The molecule has 0 spiro atoms. The highest BCUT2D eigenvalue weighted by atomic mass is 79.9. The van der Waals surface area contributed by atoms with Crippen molar-refractivity contribution in [2.45, 2.75) is 6.54 Å². The van der Waals surface area contributed by atoms with Crippen LogP contribution < -0.4 is 5.32 Å². The van der Waals surface area contributed by atoms with E-state index in [1.807, 2.05) is 12.1 Å². The lowest BCUT2D eigenvalue weighted by atomic mass is 10.2. The first-order valence-corrected chi connectivity index (χ1v) is 6.93. The van der Waals surface area contributed by atoms with E-state index < -0.39 is 5.82 Å². The summed E-state index contributed by atoms with van der Waals surface area (Å²) in [5, 5.41) is 11.9. The molecule has 2 aromatic rings. The molecule has 1 aromatic heterocycles. The lowest BCUT2D eigenvalue weighted by molar-refractivity contribution is 0.624. The summed E-state index contributed by atoms with van der Waals surface area (Å²) in [5.41, 5.74) is 1.24. The summed E-state index contributed by atoms with van der Waals surface area (Å²) >= 11 is 6.72. The van der Waals surface area contributed by atoms with Gasteiger partial charge in [0.15, 0.2) is 0 Å². The molecule has 2 rings (SSSR count). The number of anilines is 1. The van der Waals surface area contributed by atoms with E-state index in [4.69, 9.17) is 5.26 Å². The van der Waals surface area contributed by atoms with E-state index in [1.54, 1.807) is 18.3 Å². The fraction of sp³-hybridized carbons (Fsp3) is 0.0769. The van der Waals surface area contributed by atoms with Crippen molar-refractivity contribution in [3.63, 3.8) is 0 Å². The van der Waals surface area contributed by atoms with Gasteiger partial charge in [0.2, 0.25) is 0 Å². The van der Waals surface area contributed by atoms with E-state index in [9.17, 15) is 4.39 Å². The first-order valence-electron chi connectivity index (χ1n) is 5.34. The smallest absolute Gasteiger partial charge is 0.143 e. The van der Waals surface area contributed by atoms with E-state index in [0.29, 0.717) is 12.2 Å². The van der Waals surface area contributed by atoms with Gasteiger partial charge in [0.1, 0.15) is 17.4 Å². The number of benzene rings is 1. The molecule has 19 heavy (non-hydrogen) atoms. The van der Waals surface area contributed by atoms with Crippen LogP contribution in [-0.4, -0.2) is 4.98 Å². The van der Waals surface area contributed by atoms with Crippen LogP contribution in [0.4, 0.5) is 10.1 Å². The Hall–Kier alpha value is -1.45. The standard InChI is InChI=1S/C13H8Br2FN3/c14-8-4-10(15)13(18-6-8)7-19-12-3-1-2-11(16)9(12)5-17/h1-4,6,19H,7H2. The van der Waals surface area contributed by atoms with Crippen LogP contribution >= 0.6 is 31.9 Å². The Kier molecular flexibility index (Phi) is 4.51. The minimum atomic E-state index is -0.532. The molecule has 0 aliphatic rings. The highest BCUT2D eigenvalue weighted by molar-refractivity contribution is 9.11. The van der Waals surface area contributed by atoms with Crippen molar-refractivity contribution >= 4 is 37.5 Å². The third-order valence-electron chi connectivity index (χ3n) is 2.46. The fourth-order valence-corrected chi connectivity index (χ4v) is 2.66. The van der Waals surface area contributed by atoms with Crippen molar-refractivity contribution in [1.29, 1.82) is 5.26 Å². The summed E-state index contributed by atoms with van der Waals surface area (Å²) in [4.78, 5) is 4.24. The molecule has 6 heteroatoms. The third-order valence-corrected chi connectivity index (χ3v) is 3.58. The van der Waals surface area contributed by atoms with Crippen molar-refractivity contribution in [2.75, 3.05) is 5.32 Å². The number of nitrogens with one attached hydrogen (secondary N) is 1. The lowest BCUT2D eigenvalue weighted by Crippen LogP contribution is -2.04. The van der Waals surface area contributed by atoms with Crippen molar-refractivity contribution in [3.05, 3.63) is 56.5 Å². The summed E-state index contributed by atoms with van der Waals surface area (Å²) in [5.74, 6) is -0.532. The number of hydrogen-bond donors (Lipinski definition) is 1.